The summed E-state index contributed by atoms with van der Waals surface area (Å²) in [5.41, 5.74) is 1.47. The maximum Gasteiger partial charge on any atom is 0.412 e. The van der Waals surface area contributed by atoms with E-state index in [1.165, 1.54) is 78.4 Å². The number of aromatic nitrogens is 1. The van der Waals surface area contributed by atoms with Crippen LogP contribution in [0.5, 0.6) is 23.0 Å². The summed E-state index contributed by atoms with van der Waals surface area (Å²) in [5, 5.41) is 36.9. The zero-order valence-electron chi connectivity index (χ0n) is 39.0. The Morgan fingerprint density at radius 1 is 0.765 bits per heavy atom. The van der Waals surface area contributed by atoms with Gasteiger partial charge in [-0.1, -0.05) is 35.1 Å². The van der Waals surface area contributed by atoms with Crippen LogP contribution in [0.2, 0.25) is 0 Å². The van der Waals surface area contributed by atoms with Crippen molar-refractivity contribution in [2.24, 2.45) is 23.7 Å². The van der Waals surface area contributed by atoms with Gasteiger partial charge < -0.3 is 38.6 Å². The number of ether oxygens (including phenoxy) is 6. The molecule has 4 atom stereocenters. The van der Waals surface area contributed by atoms with E-state index in [2.05, 4.69) is 28.8 Å². The Bertz CT molecular complexity index is 2320. The highest BCUT2D eigenvalue weighted by molar-refractivity contribution is 8.76. The Balaban J connectivity index is 1.21. The minimum Gasteiger partial charge on any atom is -0.493 e. The molecule has 2 fully saturated rings. The van der Waals surface area contributed by atoms with Crippen molar-refractivity contribution in [3.63, 3.8) is 0 Å². The molecule has 1 heterocycles. The molecule has 2 saturated carbocycles. The molecule has 2 aliphatic carbocycles. The third kappa shape index (κ3) is 14.8. The summed E-state index contributed by atoms with van der Waals surface area (Å²) in [7, 11) is 5.49. The number of benzene rings is 2. The fraction of sp³-hybridized carbons (Fsp3) is 0.479. The number of carbonyl (C=O) groups excluding carboxylic acids is 4. The minimum atomic E-state index is -0.815. The molecular formula is C48H60N4O14S2. The lowest BCUT2D eigenvalue weighted by Crippen LogP contribution is -2.28. The standard InChI is InChI=1S/C48H60N4O14S2/c1-28-17-30(26-53)33(19-28)44(55)35-21-39(61-6)41(23-37(35)50-46(57)65-15-16-67-68-43-12-11-32(25-49-43)52(59)60)63-13-9-8-10-14-64-42-24-38(51-47(58)66-48(3,4)5)36(22-40(42)62-7)45(56)34-20-29(2)18-31(34)27-54/h11-12,21-25,30-31,33-34,53-54H,1-2,8-10,13-20,26-27H2,3-7H3,(H,50,57)(H,51,58)/t30-,31-,33?,34?/m0/s1. The van der Waals surface area contributed by atoms with Crippen LogP contribution in [-0.4, -0.2) is 102 Å². The van der Waals surface area contributed by atoms with Gasteiger partial charge in [0, 0.05) is 60.1 Å². The lowest BCUT2D eigenvalue weighted by molar-refractivity contribution is -0.385. The minimum absolute atomic E-state index is 0.00292. The maximum absolute atomic E-state index is 14.0. The van der Waals surface area contributed by atoms with Crippen LogP contribution < -0.4 is 29.6 Å². The number of aliphatic hydroxyl groups excluding tert-OH is 2. The molecule has 368 valence electrons. The largest absolute Gasteiger partial charge is 0.493 e. The van der Waals surface area contributed by atoms with E-state index < -0.39 is 34.5 Å². The Morgan fingerprint density at radius 2 is 1.28 bits per heavy atom. The monoisotopic (exact) mass is 980 g/mol. The number of pyridine rings is 1. The van der Waals surface area contributed by atoms with E-state index >= 15 is 0 Å². The van der Waals surface area contributed by atoms with Gasteiger partial charge in [0.25, 0.3) is 5.69 Å². The summed E-state index contributed by atoms with van der Waals surface area (Å²) in [6.45, 7) is 13.3. The van der Waals surface area contributed by atoms with Crippen molar-refractivity contribution in [3.05, 3.63) is 88.1 Å². The molecule has 2 aromatic carbocycles. The lowest BCUT2D eigenvalue weighted by Gasteiger charge is -2.23. The molecule has 2 aliphatic rings. The number of hydrogen-bond donors (Lipinski definition) is 4. The van der Waals surface area contributed by atoms with E-state index in [9.17, 15) is 39.5 Å². The first kappa shape index (κ1) is 53.1. The molecule has 2 unspecified atom stereocenters. The van der Waals surface area contributed by atoms with E-state index in [0.29, 0.717) is 61.5 Å². The summed E-state index contributed by atoms with van der Waals surface area (Å²) >= 11 is 0. The molecule has 0 radical (unpaired) electrons. The predicted octanol–water partition coefficient (Wildman–Crippen LogP) is 9.49. The number of anilines is 2. The number of unbranched alkanes of at least 4 members (excludes halogenated alkanes) is 2. The molecular weight excluding hydrogens is 921 g/mol. The Kier molecular flexibility index (Phi) is 19.5. The molecule has 0 spiro atoms. The number of Topliss-reactive ketones (excluding diaryl/α,β-unsaturated/α-hetero) is 2. The third-order valence-corrected chi connectivity index (χ3v) is 13.4. The van der Waals surface area contributed by atoms with Gasteiger partial charge in [0.05, 0.1) is 43.7 Å². The smallest absolute Gasteiger partial charge is 0.412 e. The van der Waals surface area contributed by atoms with Gasteiger partial charge >= 0.3 is 12.2 Å². The van der Waals surface area contributed by atoms with Crippen molar-refractivity contribution in [1.29, 1.82) is 0 Å². The van der Waals surface area contributed by atoms with E-state index in [1.54, 1.807) is 20.8 Å². The second-order valence-corrected chi connectivity index (χ2v) is 19.8. The van der Waals surface area contributed by atoms with Crippen LogP contribution in [0.1, 0.15) is 86.4 Å². The number of nitrogens with zero attached hydrogens (tertiary/aromatic N) is 2. The summed E-state index contributed by atoms with van der Waals surface area (Å²) in [5.74, 6) is -0.805. The number of carbonyl (C=O) groups is 4. The van der Waals surface area contributed by atoms with E-state index in [0.717, 1.165) is 11.1 Å². The van der Waals surface area contributed by atoms with Gasteiger partial charge in [-0.05, 0) is 107 Å². The van der Waals surface area contributed by atoms with Gasteiger partial charge in [-0.25, -0.2) is 14.6 Å². The quantitative estimate of drug-likeness (QED) is 0.0163. The topological polar surface area (TPSA) is 244 Å². The first-order valence-corrected chi connectivity index (χ1v) is 24.4. The third-order valence-electron chi connectivity index (χ3n) is 11.2. The number of nitrogens with one attached hydrogen (secondary N) is 2. The second kappa shape index (κ2) is 25.0. The number of rotatable bonds is 24. The summed E-state index contributed by atoms with van der Waals surface area (Å²) in [6, 6.07) is 8.96. The highest BCUT2D eigenvalue weighted by atomic mass is 33.1. The van der Waals surface area contributed by atoms with Crippen molar-refractivity contribution in [2.45, 2.75) is 76.3 Å². The van der Waals surface area contributed by atoms with Gasteiger partial charge in [0.2, 0.25) is 0 Å². The van der Waals surface area contributed by atoms with Gasteiger partial charge in [0.1, 0.15) is 23.4 Å². The Hall–Kier alpha value is -5.83. The summed E-state index contributed by atoms with van der Waals surface area (Å²) in [4.78, 5) is 68.4. The van der Waals surface area contributed by atoms with Crippen LogP contribution in [-0.2, 0) is 9.47 Å². The zero-order valence-corrected chi connectivity index (χ0v) is 40.6. The molecule has 68 heavy (non-hydrogen) atoms. The highest BCUT2D eigenvalue weighted by Gasteiger charge is 2.38. The Morgan fingerprint density at radius 3 is 1.72 bits per heavy atom. The number of ketones is 2. The fourth-order valence-electron chi connectivity index (χ4n) is 7.93. The van der Waals surface area contributed by atoms with Crippen LogP contribution in [0, 0.1) is 33.8 Å². The molecule has 20 heteroatoms. The van der Waals surface area contributed by atoms with E-state index in [1.807, 2.05) is 0 Å². The first-order chi connectivity index (χ1) is 32.4. The van der Waals surface area contributed by atoms with Crippen LogP contribution in [0.25, 0.3) is 0 Å². The second-order valence-electron chi connectivity index (χ2n) is 17.4. The molecule has 0 bridgehead atoms. The average Bonchev–Trinajstić information content (AvgIpc) is 3.88. The van der Waals surface area contributed by atoms with E-state index in [4.69, 9.17) is 28.4 Å². The summed E-state index contributed by atoms with van der Waals surface area (Å²) in [6.07, 6.45) is 3.24. The highest BCUT2D eigenvalue weighted by Crippen LogP contribution is 2.43. The average molecular weight is 981 g/mol. The van der Waals surface area contributed by atoms with Crippen LogP contribution in [0.4, 0.5) is 26.7 Å². The molecule has 0 aliphatic heterocycles. The lowest BCUT2D eigenvalue weighted by atomic mass is 9.88. The fourth-order valence-corrected chi connectivity index (χ4v) is 9.62. The van der Waals surface area contributed by atoms with Crippen molar-refractivity contribution in [2.75, 3.05) is 63.6 Å². The maximum atomic E-state index is 14.0. The molecule has 5 rings (SSSR count). The van der Waals surface area contributed by atoms with Crippen molar-refractivity contribution < 1.29 is 62.7 Å². The number of amides is 2. The van der Waals surface area contributed by atoms with Crippen molar-refractivity contribution in [3.8, 4) is 23.0 Å². The molecule has 3 aromatic rings. The Labute approximate surface area is 403 Å². The van der Waals surface area contributed by atoms with Crippen LogP contribution in [0.3, 0.4) is 0 Å². The van der Waals surface area contributed by atoms with Gasteiger partial charge in [-0.15, -0.1) is 0 Å². The SMILES string of the molecule is C=C1CC(C(=O)c2cc(OC)c(OCCCCCOc3cc(NC(=O)OC(C)(C)C)c(C(=O)C4CC(=C)C[C@H]4CO)cc3OC)cc2NC(=O)OCCSSc2ccc([N+](=O)[O-])cn2)[C@H](CO)C1. The van der Waals surface area contributed by atoms with Crippen molar-refractivity contribution >= 4 is 62.4 Å². The molecule has 4 N–H and O–H groups in total. The van der Waals surface area contributed by atoms with Gasteiger partial charge in [0.15, 0.2) is 34.6 Å². The number of aliphatic hydroxyl groups is 2. The van der Waals surface area contributed by atoms with Crippen LogP contribution in [0.15, 0.2) is 71.9 Å². The number of nitro groups is 1. The molecule has 2 amide bonds. The van der Waals surface area contributed by atoms with E-state index in [-0.39, 0.29) is 102 Å². The number of methoxy groups -OCH3 is 2. The number of allylic oxidation sites excluding steroid dienone is 2. The van der Waals surface area contributed by atoms with Crippen LogP contribution >= 0.6 is 21.6 Å². The molecule has 0 saturated heterocycles. The first-order valence-electron chi connectivity index (χ1n) is 22.1. The molecule has 18 nitrogen and oxygen atoms in total. The normalized spacial score (nSPS) is 17.9. The van der Waals surface area contributed by atoms with Crippen molar-refractivity contribution in [1.82, 2.24) is 4.98 Å². The zero-order chi connectivity index (χ0) is 49.5. The summed E-state index contributed by atoms with van der Waals surface area (Å²) < 4.78 is 34.4. The van der Waals surface area contributed by atoms with Gasteiger partial charge in [-0.3, -0.25) is 30.3 Å². The molecule has 1 aromatic heterocycles. The van der Waals surface area contributed by atoms with Gasteiger partial charge in [-0.2, -0.15) is 0 Å². The predicted molar refractivity (Wildman–Crippen MR) is 258 cm³/mol. The number of hydrogen-bond acceptors (Lipinski definition) is 17.